The Morgan fingerprint density at radius 3 is 2.72 bits per heavy atom. The quantitative estimate of drug-likeness (QED) is 0.846. The zero-order valence-corrected chi connectivity index (χ0v) is 15.4. The molecule has 25 heavy (non-hydrogen) atoms. The van der Waals surface area contributed by atoms with Crippen molar-refractivity contribution in [1.29, 1.82) is 0 Å². The number of fused-ring (bicyclic) bond motifs is 4. The monoisotopic (exact) mass is 347 g/mol. The highest BCUT2D eigenvalue weighted by molar-refractivity contribution is 5.78. The van der Waals surface area contributed by atoms with E-state index in [9.17, 15) is 9.59 Å². The maximum absolute atomic E-state index is 12.4. The van der Waals surface area contributed by atoms with Crippen LogP contribution in [0.3, 0.4) is 0 Å². The van der Waals surface area contributed by atoms with Gasteiger partial charge >= 0.3 is 0 Å². The molecule has 5 heteroatoms. The number of carbonyl (C=O) groups is 2. The second-order valence-corrected chi connectivity index (χ2v) is 8.87. The Balaban J connectivity index is 1.26. The van der Waals surface area contributed by atoms with Crippen LogP contribution in [-0.4, -0.2) is 60.4 Å². The molecule has 0 radical (unpaired) electrons. The van der Waals surface area contributed by atoms with Gasteiger partial charge in [0.1, 0.15) is 0 Å². The molecule has 140 valence electrons. The second kappa shape index (κ2) is 7.65. The summed E-state index contributed by atoms with van der Waals surface area (Å²) in [5, 5.41) is 3.18. The van der Waals surface area contributed by atoms with Crippen LogP contribution < -0.4 is 5.32 Å². The molecule has 2 amide bonds. The molecule has 1 saturated carbocycles. The zero-order valence-electron chi connectivity index (χ0n) is 15.4. The Morgan fingerprint density at radius 2 is 1.88 bits per heavy atom. The van der Waals surface area contributed by atoms with Gasteiger partial charge in [0.25, 0.3) is 0 Å². The lowest BCUT2D eigenvalue weighted by atomic mass is 9.76. The topological polar surface area (TPSA) is 52.7 Å². The Labute approximate surface area is 151 Å². The Morgan fingerprint density at radius 1 is 1.04 bits per heavy atom. The van der Waals surface area contributed by atoms with Crippen molar-refractivity contribution in [3.63, 3.8) is 0 Å². The summed E-state index contributed by atoms with van der Waals surface area (Å²) >= 11 is 0. The van der Waals surface area contributed by atoms with E-state index in [0.717, 1.165) is 45.4 Å². The van der Waals surface area contributed by atoms with Gasteiger partial charge in [-0.2, -0.15) is 0 Å². The third kappa shape index (κ3) is 4.02. The van der Waals surface area contributed by atoms with Gasteiger partial charge in [-0.05, 0) is 49.9 Å². The minimum atomic E-state index is 0.196. The van der Waals surface area contributed by atoms with E-state index in [2.05, 4.69) is 15.1 Å². The van der Waals surface area contributed by atoms with Crippen molar-refractivity contribution in [3.8, 4) is 0 Å². The van der Waals surface area contributed by atoms with Crippen molar-refractivity contribution >= 4 is 11.8 Å². The van der Waals surface area contributed by atoms with E-state index in [0.29, 0.717) is 36.2 Å². The summed E-state index contributed by atoms with van der Waals surface area (Å²) in [6.07, 6.45) is 10.8. The standard InChI is InChI=1S/C20H33N3O2/c24-19(21-10-15-5-2-1-3-6-15)14-22-11-16-9-17(13-22)18-7-4-8-20(25)23(18)12-16/h15-18H,1-14H2,(H,21,24)/t16-,17-,18-/m1/s1. The number of nitrogens with zero attached hydrogens (tertiary/aromatic N) is 2. The van der Waals surface area contributed by atoms with Crippen molar-refractivity contribution in [3.05, 3.63) is 0 Å². The first kappa shape index (κ1) is 17.3. The molecule has 2 bridgehead atoms. The van der Waals surface area contributed by atoms with Gasteiger partial charge < -0.3 is 10.2 Å². The maximum Gasteiger partial charge on any atom is 0.234 e. The van der Waals surface area contributed by atoms with Gasteiger partial charge in [-0.3, -0.25) is 14.5 Å². The molecule has 1 N–H and O–H groups in total. The van der Waals surface area contributed by atoms with Crippen molar-refractivity contribution in [2.75, 3.05) is 32.7 Å². The highest BCUT2D eigenvalue weighted by Gasteiger charge is 2.44. The van der Waals surface area contributed by atoms with Crippen LogP contribution in [0.25, 0.3) is 0 Å². The van der Waals surface area contributed by atoms with Crippen LogP contribution in [0.5, 0.6) is 0 Å². The molecular formula is C20H33N3O2. The van der Waals surface area contributed by atoms with E-state index >= 15 is 0 Å². The van der Waals surface area contributed by atoms with Crippen LogP contribution in [0, 0.1) is 17.8 Å². The normalized spacial score (nSPS) is 33.8. The van der Waals surface area contributed by atoms with E-state index in [1.807, 2.05) is 0 Å². The lowest BCUT2D eigenvalue weighted by molar-refractivity contribution is -0.145. The molecule has 0 spiro atoms. The highest BCUT2D eigenvalue weighted by Crippen LogP contribution is 2.37. The number of likely N-dealkylation sites (tertiary alicyclic amines) is 1. The van der Waals surface area contributed by atoms with Crippen molar-refractivity contribution in [1.82, 2.24) is 15.1 Å². The number of carbonyl (C=O) groups excluding carboxylic acids is 2. The lowest BCUT2D eigenvalue weighted by Crippen LogP contribution is -2.61. The third-order valence-electron chi connectivity index (χ3n) is 6.94. The van der Waals surface area contributed by atoms with Crippen molar-refractivity contribution < 1.29 is 9.59 Å². The molecule has 0 aromatic carbocycles. The molecule has 3 atom stereocenters. The summed E-state index contributed by atoms with van der Waals surface area (Å²) in [4.78, 5) is 29.1. The largest absolute Gasteiger partial charge is 0.355 e. The molecule has 1 aliphatic carbocycles. The fourth-order valence-electron chi connectivity index (χ4n) is 5.75. The first-order chi connectivity index (χ1) is 12.2. The number of nitrogens with one attached hydrogen (secondary N) is 1. The first-order valence-corrected chi connectivity index (χ1v) is 10.5. The van der Waals surface area contributed by atoms with Gasteiger partial charge in [0.05, 0.1) is 6.54 Å². The van der Waals surface area contributed by atoms with Crippen LogP contribution in [-0.2, 0) is 9.59 Å². The summed E-state index contributed by atoms with van der Waals surface area (Å²) in [7, 11) is 0. The average molecular weight is 348 g/mol. The zero-order chi connectivity index (χ0) is 17.2. The van der Waals surface area contributed by atoms with Crippen molar-refractivity contribution in [2.24, 2.45) is 17.8 Å². The predicted molar refractivity (Wildman–Crippen MR) is 97.0 cm³/mol. The Bertz CT molecular complexity index is 503. The second-order valence-electron chi connectivity index (χ2n) is 8.87. The van der Waals surface area contributed by atoms with E-state index in [4.69, 9.17) is 0 Å². The molecule has 3 heterocycles. The molecule has 5 nitrogen and oxygen atoms in total. The molecule has 3 aliphatic heterocycles. The number of hydrogen-bond acceptors (Lipinski definition) is 3. The predicted octanol–water partition coefficient (Wildman–Crippen LogP) is 2.02. The Kier molecular flexibility index (Phi) is 5.30. The minimum Gasteiger partial charge on any atom is -0.355 e. The summed E-state index contributed by atoms with van der Waals surface area (Å²) in [6, 6.07) is 0.436. The van der Waals surface area contributed by atoms with Crippen LogP contribution in [0.15, 0.2) is 0 Å². The van der Waals surface area contributed by atoms with Crippen LogP contribution >= 0.6 is 0 Å². The van der Waals surface area contributed by atoms with E-state index in [1.54, 1.807) is 0 Å². The molecule has 0 unspecified atom stereocenters. The van der Waals surface area contributed by atoms with Crippen LogP contribution in [0.4, 0.5) is 0 Å². The molecule has 4 aliphatic rings. The smallest absolute Gasteiger partial charge is 0.234 e. The van der Waals surface area contributed by atoms with Gasteiger partial charge in [0.15, 0.2) is 0 Å². The summed E-state index contributed by atoms with van der Waals surface area (Å²) in [5.74, 6) is 2.39. The highest BCUT2D eigenvalue weighted by atomic mass is 16.2. The molecule has 3 saturated heterocycles. The molecule has 4 fully saturated rings. The molecular weight excluding hydrogens is 314 g/mol. The summed E-state index contributed by atoms with van der Waals surface area (Å²) < 4.78 is 0. The molecule has 0 aromatic heterocycles. The molecule has 4 rings (SSSR count). The maximum atomic E-state index is 12.4. The minimum absolute atomic E-state index is 0.196. The SMILES string of the molecule is O=C(CN1C[C@H]2C[C@H](C1)[C@H]1CCCC(=O)N1C2)NCC1CCCCC1. The number of piperidine rings is 3. The third-order valence-corrected chi connectivity index (χ3v) is 6.94. The van der Waals surface area contributed by atoms with Gasteiger partial charge in [-0.1, -0.05) is 19.3 Å². The first-order valence-electron chi connectivity index (χ1n) is 10.5. The van der Waals surface area contributed by atoms with E-state index < -0.39 is 0 Å². The van der Waals surface area contributed by atoms with Crippen LogP contribution in [0.1, 0.15) is 57.8 Å². The molecule has 0 aromatic rings. The average Bonchev–Trinajstić information content (AvgIpc) is 2.62. The number of amides is 2. The Hall–Kier alpha value is -1.10. The fraction of sp³-hybridized carbons (Fsp3) is 0.900. The number of rotatable bonds is 4. The van der Waals surface area contributed by atoms with Crippen molar-refractivity contribution in [2.45, 2.75) is 63.8 Å². The van der Waals surface area contributed by atoms with Gasteiger partial charge in [-0.25, -0.2) is 0 Å². The van der Waals surface area contributed by atoms with Gasteiger partial charge in [0.2, 0.25) is 11.8 Å². The lowest BCUT2D eigenvalue weighted by Gasteiger charge is -2.52. The van der Waals surface area contributed by atoms with Crippen LogP contribution in [0.2, 0.25) is 0 Å². The van der Waals surface area contributed by atoms with Gasteiger partial charge in [-0.15, -0.1) is 0 Å². The number of hydrogen-bond donors (Lipinski definition) is 1. The summed E-state index contributed by atoms with van der Waals surface area (Å²) in [5.41, 5.74) is 0. The summed E-state index contributed by atoms with van der Waals surface area (Å²) in [6.45, 7) is 4.29. The van der Waals surface area contributed by atoms with E-state index in [-0.39, 0.29) is 5.91 Å². The van der Waals surface area contributed by atoms with Gasteiger partial charge in [0, 0.05) is 38.6 Å². The fourth-order valence-corrected chi connectivity index (χ4v) is 5.75. The van der Waals surface area contributed by atoms with E-state index in [1.165, 1.54) is 38.5 Å².